The van der Waals surface area contributed by atoms with E-state index in [0.717, 1.165) is 17.0 Å². The van der Waals surface area contributed by atoms with Gasteiger partial charge in [0.1, 0.15) is 35.6 Å². The van der Waals surface area contributed by atoms with Crippen molar-refractivity contribution in [2.45, 2.75) is 4.90 Å². The first kappa shape index (κ1) is 19.3. The van der Waals surface area contributed by atoms with Gasteiger partial charge in [-0.25, -0.2) is 17.2 Å². The Hall–Kier alpha value is -2.04. The Morgan fingerprint density at radius 1 is 1.44 bits per heavy atom. The maximum absolute atomic E-state index is 14.2. The number of halogens is 2. The summed E-state index contributed by atoms with van der Waals surface area (Å²) in [5.74, 6) is -2.08. The Kier molecular flexibility index (Phi) is 6.45. The second-order valence-corrected chi connectivity index (χ2v) is 7.23. The number of carbonyl (C=O) groups is 1. The molecule has 0 spiro atoms. The maximum Gasteiger partial charge on any atom is 0.249 e. The summed E-state index contributed by atoms with van der Waals surface area (Å²) < 4.78 is 61.4. The summed E-state index contributed by atoms with van der Waals surface area (Å²) in [6.07, 6.45) is 0.300. The standard InChI is InChI=1S/C15H18F2N2O5S/c16-6-11(7-18)8-24-12-1-2-14(13(17)5-12)25(21,22)10-19-3-4-23-9-15(19)20/h1-2,5-6H,3-4,7-10,18H2. The van der Waals surface area contributed by atoms with Crippen molar-refractivity contribution < 1.29 is 31.5 Å². The molecule has 1 aromatic rings. The van der Waals surface area contributed by atoms with Crippen molar-refractivity contribution in [2.24, 2.45) is 5.73 Å². The van der Waals surface area contributed by atoms with E-state index in [9.17, 15) is 22.0 Å². The summed E-state index contributed by atoms with van der Waals surface area (Å²) in [5, 5.41) is 0. The number of nitrogens with two attached hydrogens (primary N) is 1. The van der Waals surface area contributed by atoms with Crippen LogP contribution in [0.3, 0.4) is 0 Å². The second-order valence-electron chi connectivity index (χ2n) is 5.31. The van der Waals surface area contributed by atoms with Gasteiger partial charge in [-0.05, 0) is 12.1 Å². The molecule has 1 aliphatic heterocycles. The van der Waals surface area contributed by atoms with E-state index in [2.05, 4.69) is 0 Å². The van der Waals surface area contributed by atoms with Crippen molar-refractivity contribution in [1.29, 1.82) is 0 Å². The van der Waals surface area contributed by atoms with Crippen LogP contribution in [0.15, 0.2) is 35.0 Å². The van der Waals surface area contributed by atoms with Gasteiger partial charge in [0.15, 0.2) is 9.84 Å². The quantitative estimate of drug-likeness (QED) is 0.749. The van der Waals surface area contributed by atoms with E-state index in [0.29, 0.717) is 6.33 Å². The van der Waals surface area contributed by atoms with Crippen molar-refractivity contribution in [1.82, 2.24) is 4.90 Å². The van der Waals surface area contributed by atoms with E-state index in [1.54, 1.807) is 0 Å². The lowest BCUT2D eigenvalue weighted by Crippen LogP contribution is -2.44. The zero-order valence-electron chi connectivity index (χ0n) is 13.3. The fraction of sp³-hybridized carbons (Fsp3) is 0.400. The molecule has 2 rings (SSSR count). The number of morpholine rings is 1. The summed E-state index contributed by atoms with van der Waals surface area (Å²) >= 11 is 0. The third-order valence-corrected chi connectivity index (χ3v) is 5.14. The van der Waals surface area contributed by atoms with Crippen LogP contribution in [0.25, 0.3) is 0 Å². The van der Waals surface area contributed by atoms with E-state index >= 15 is 0 Å². The molecule has 1 fully saturated rings. The average molecular weight is 376 g/mol. The average Bonchev–Trinajstić information content (AvgIpc) is 2.57. The zero-order chi connectivity index (χ0) is 18.4. The Balaban J connectivity index is 2.12. The summed E-state index contributed by atoms with van der Waals surface area (Å²) in [4.78, 5) is 12.2. The van der Waals surface area contributed by atoms with Crippen molar-refractivity contribution in [2.75, 3.05) is 38.8 Å². The number of nitrogens with zero attached hydrogens (tertiary/aromatic N) is 1. The number of benzene rings is 1. The van der Waals surface area contributed by atoms with Crippen LogP contribution in [0.1, 0.15) is 0 Å². The normalized spacial score (nSPS) is 16.2. The van der Waals surface area contributed by atoms with Crippen LogP contribution < -0.4 is 10.5 Å². The van der Waals surface area contributed by atoms with Crippen molar-refractivity contribution in [3.8, 4) is 5.75 Å². The van der Waals surface area contributed by atoms with Crippen molar-refractivity contribution in [3.05, 3.63) is 35.9 Å². The molecule has 1 aromatic carbocycles. The van der Waals surface area contributed by atoms with Crippen LogP contribution in [0, 0.1) is 5.82 Å². The van der Waals surface area contributed by atoms with Crippen LogP contribution in [0.4, 0.5) is 8.78 Å². The number of hydrogen-bond acceptors (Lipinski definition) is 6. The summed E-state index contributed by atoms with van der Waals surface area (Å²) in [7, 11) is -4.05. The SMILES string of the molecule is NCC(=CF)COc1ccc(S(=O)(=O)CN2CCOCC2=O)c(F)c1. The Morgan fingerprint density at radius 3 is 2.80 bits per heavy atom. The molecular formula is C15H18F2N2O5S. The fourth-order valence-corrected chi connectivity index (χ4v) is 3.55. The predicted octanol–water partition coefficient (Wildman–Crippen LogP) is 0.607. The molecule has 1 aliphatic rings. The molecule has 0 radical (unpaired) electrons. The van der Waals surface area contributed by atoms with E-state index < -0.39 is 32.3 Å². The smallest absolute Gasteiger partial charge is 0.249 e. The van der Waals surface area contributed by atoms with Gasteiger partial charge >= 0.3 is 0 Å². The van der Waals surface area contributed by atoms with Crippen LogP contribution in [-0.2, 0) is 19.4 Å². The van der Waals surface area contributed by atoms with Gasteiger partial charge in [-0.3, -0.25) is 4.79 Å². The molecule has 0 bridgehead atoms. The van der Waals surface area contributed by atoms with Crippen LogP contribution >= 0.6 is 0 Å². The van der Waals surface area contributed by atoms with Gasteiger partial charge < -0.3 is 20.1 Å². The fourth-order valence-electron chi connectivity index (χ4n) is 2.10. The molecule has 0 aliphatic carbocycles. The van der Waals surface area contributed by atoms with Crippen molar-refractivity contribution in [3.63, 3.8) is 0 Å². The lowest BCUT2D eigenvalue weighted by Gasteiger charge is -2.26. The zero-order valence-corrected chi connectivity index (χ0v) is 14.1. The van der Waals surface area contributed by atoms with Crippen LogP contribution in [-0.4, -0.2) is 58.0 Å². The Labute approximate surface area is 143 Å². The van der Waals surface area contributed by atoms with E-state index in [4.69, 9.17) is 15.2 Å². The van der Waals surface area contributed by atoms with Crippen LogP contribution in [0.2, 0.25) is 0 Å². The molecule has 0 atom stereocenters. The molecule has 1 saturated heterocycles. The molecule has 1 amide bonds. The van der Waals surface area contributed by atoms with E-state index in [-0.39, 0.29) is 44.2 Å². The van der Waals surface area contributed by atoms with E-state index in [1.807, 2.05) is 0 Å². The van der Waals surface area contributed by atoms with Gasteiger partial charge in [0.2, 0.25) is 5.91 Å². The molecule has 138 valence electrons. The Morgan fingerprint density at radius 2 is 2.20 bits per heavy atom. The highest BCUT2D eigenvalue weighted by molar-refractivity contribution is 7.91. The van der Waals surface area contributed by atoms with Gasteiger partial charge in [0, 0.05) is 24.7 Å². The highest BCUT2D eigenvalue weighted by atomic mass is 32.2. The number of carbonyl (C=O) groups excluding carboxylic acids is 1. The highest BCUT2D eigenvalue weighted by Crippen LogP contribution is 2.23. The molecule has 10 heteroatoms. The monoisotopic (exact) mass is 376 g/mol. The van der Waals surface area contributed by atoms with Gasteiger partial charge in [-0.2, -0.15) is 0 Å². The summed E-state index contributed by atoms with van der Waals surface area (Å²) in [6.45, 7) is -0.0867. The number of rotatable bonds is 7. The van der Waals surface area contributed by atoms with Crippen molar-refractivity contribution >= 4 is 15.7 Å². The predicted molar refractivity (Wildman–Crippen MR) is 84.7 cm³/mol. The molecule has 2 N–H and O–H groups in total. The Bertz CT molecular complexity index is 767. The molecule has 25 heavy (non-hydrogen) atoms. The number of hydrogen-bond donors (Lipinski definition) is 1. The molecule has 0 unspecified atom stereocenters. The third-order valence-electron chi connectivity index (χ3n) is 3.49. The summed E-state index contributed by atoms with van der Waals surface area (Å²) in [5.41, 5.74) is 5.45. The first-order valence-electron chi connectivity index (χ1n) is 7.36. The minimum absolute atomic E-state index is 0.0340. The molecule has 7 nitrogen and oxygen atoms in total. The minimum atomic E-state index is -4.05. The van der Waals surface area contributed by atoms with Gasteiger partial charge in [-0.1, -0.05) is 0 Å². The van der Waals surface area contributed by atoms with Gasteiger partial charge in [-0.15, -0.1) is 0 Å². The van der Waals surface area contributed by atoms with Gasteiger partial charge in [0.25, 0.3) is 0 Å². The first-order valence-corrected chi connectivity index (χ1v) is 9.01. The largest absolute Gasteiger partial charge is 0.489 e. The maximum atomic E-state index is 14.2. The lowest BCUT2D eigenvalue weighted by molar-refractivity contribution is -0.141. The molecular weight excluding hydrogens is 358 g/mol. The second kappa shape index (κ2) is 8.37. The number of ether oxygens (including phenoxy) is 2. The van der Waals surface area contributed by atoms with Crippen LogP contribution in [0.5, 0.6) is 5.75 Å². The highest BCUT2D eigenvalue weighted by Gasteiger charge is 2.27. The lowest BCUT2D eigenvalue weighted by atomic mass is 10.3. The third kappa shape index (κ3) is 4.97. The molecule has 0 saturated carbocycles. The topological polar surface area (TPSA) is 98.9 Å². The molecule has 0 aromatic heterocycles. The molecule has 1 heterocycles. The minimum Gasteiger partial charge on any atom is -0.489 e. The first-order chi connectivity index (χ1) is 11.9. The number of sulfone groups is 1. The number of amides is 1. The van der Waals surface area contributed by atoms with Gasteiger partial charge in [0.05, 0.1) is 12.9 Å². The summed E-state index contributed by atoms with van der Waals surface area (Å²) in [6, 6.07) is 3.19. The van der Waals surface area contributed by atoms with E-state index in [1.165, 1.54) is 6.07 Å².